The standard InChI is InChI=1S/C20H16N6O/c27-19(15-7-2-1-3-8-15)26-20(23-14-17-10-4-5-12-22-17)24-18(25-26)16-9-6-11-21-13-16/h1-13H,14H2,(H,23,24,25). The molecule has 0 bridgehead atoms. The minimum absolute atomic E-state index is 0.262. The molecule has 3 aromatic heterocycles. The number of hydrogen-bond donors (Lipinski definition) is 1. The molecule has 1 N–H and O–H groups in total. The summed E-state index contributed by atoms with van der Waals surface area (Å²) in [5.74, 6) is 0.519. The second-order valence-corrected chi connectivity index (χ2v) is 5.76. The maximum absolute atomic E-state index is 12.9. The minimum atomic E-state index is -0.262. The highest BCUT2D eigenvalue weighted by Gasteiger charge is 2.18. The van der Waals surface area contributed by atoms with Crippen LogP contribution in [0.4, 0.5) is 5.95 Å². The van der Waals surface area contributed by atoms with E-state index in [2.05, 4.69) is 25.4 Å². The molecule has 0 aliphatic heterocycles. The Morgan fingerprint density at radius 2 is 1.81 bits per heavy atom. The van der Waals surface area contributed by atoms with Crippen LogP contribution in [0, 0.1) is 0 Å². The Kier molecular flexibility index (Phi) is 4.65. The van der Waals surface area contributed by atoms with Gasteiger partial charge in [-0.2, -0.15) is 9.67 Å². The summed E-state index contributed by atoms with van der Waals surface area (Å²) < 4.78 is 1.28. The molecule has 3 heterocycles. The molecule has 0 atom stereocenters. The average molecular weight is 356 g/mol. The Morgan fingerprint density at radius 1 is 0.963 bits per heavy atom. The maximum Gasteiger partial charge on any atom is 0.281 e. The Morgan fingerprint density at radius 3 is 2.56 bits per heavy atom. The first-order chi connectivity index (χ1) is 13.3. The molecular weight excluding hydrogens is 340 g/mol. The van der Waals surface area contributed by atoms with Crippen LogP contribution in [0.15, 0.2) is 79.3 Å². The van der Waals surface area contributed by atoms with Crippen LogP contribution < -0.4 is 5.32 Å². The summed E-state index contributed by atoms with van der Waals surface area (Å²) >= 11 is 0. The van der Waals surface area contributed by atoms with E-state index < -0.39 is 0 Å². The van der Waals surface area contributed by atoms with Gasteiger partial charge in [-0.15, -0.1) is 5.10 Å². The van der Waals surface area contributed by atoms with Crippen LogP contribution in [0.5, 0.6) is 0 Å². The molecule has 7 heteroatoms. The third kappa shape index (κ3) is 3.72. The van der Waals surface area contributed by atoms with Gasteiger partial charge in [-0.3, -0.25) is 14.8 Å². The molecule has 0 saturated heterocycles. The second-order valence-electron chi connectivity index (χ2n) is 5.76. The first-order valence-electron chi connectivity index (χ1n) is 8.42. The van der Waals surface area contributed by atoms with E-state index >= 15 is 0 Å². The first-order valence-corrected chi connectivity index (χ1v) is 8.42. The molecule has 4 aromatic rings. The maximum atomic E-state index is 12.9. The lowest BCUT2D eigenvalue weighted by Crippen LogP contribution is -2.17. The molecule has 27 heavy (non-hydrogen) atoms. The smallest absolute Gasteiger partial charge is 0.281 e. The van der Waals surface area contributed by atoms with E-state index in [1.807, 2.05) is 42.5 Å². The van der Waals surface area contributed by atoms with E-state index in [1.165, 1.54) is 4.68 Å². The number of aromatic nitrogens is 5. The topological polar surface area (TPSA) is 85.6 Å². The number of carbonyl (C=O) groups is 1. The van der Waals surface area contributed by atoms with Crippen LogP contribution in [0.2, 0.25) is 0 Å². The molecule has 0 saturated carbocycles. The van der Waals surface area contributed by atoms with Gasteiger partial charge in [0.1, 0.15) is 0 Å². The highest BCUT2D eigenvalue weighted by molar-refractivity contribution is 5.97. The van der Waals surface area contributed by atoms with Gasteiger partial charge in [0.2, 0.25) is 5.95 Å². The van der Waals surface area contributed by atoms with Crippen LogP contribution in [0.1, 0.15) is 16.1 Å². The third-order valence-electron chi connectivity index (χ3n) is 3.89. The largest absolute Gasteiger partial charge is 0.348 e. The van der Waals surface area contributed by atoms with Crippen LogP contribution in [-0.4, -0.2) is 30.6 Å². The molecule has 132 valence electrons. The molecule has 0 aliphatic carbocycles. The Hall–Kier alpha value is -3.87. The lowest BCUT2D eigenvalue weighted by Gasteiger charge is -2.06. The van der Waals surface area contributed by atoms with E-state index in [0.29, 0.717) is 23.9 Å². The molecule has 0 spiro atoms. The predicted molar refractivity (Wildman–Crippen MR) is 101 cm³/mol. The summed E-state index contributed by atoms with van der Waals surface area (Å²) in [6.07, 6.45) is 5.06. The number of pyridine rings is 2. The summed E-state index contributed by atoms with van der Waals surface area (Å²) in [5, 5.41) is 7.56. The fourth-order valence-electron chi connectivity index (χ4n) is 2.56. The van der Waals surface area contributed by atoms with E-state index in [1.54, 1.807) is 36.8 Å². The number of anilines is 1. The van der Waals surface area contributed by atoms with E-state index in [9.17, 15) is 4.79 Å². The van der Waals surface area contributed by atoms with Crippen molar-refractivity contribution in [2.45, 2.75) is 6.54 Å². The van der Waals surface area contributed by atoms with E-state index in [-0.39, 0.29) is 5.91 Å². The Labute approximate surface area is 155 Å². The fraction of sp³-hybridized carbons (Fsp3) is 0.0500. The molecule has 7 nitrogen and oxygen atoms in total. The number of carbonyl (C=O) groups excluding carboxylic acids is 1. The number of nitrogens with one attached hydrogen (secondary N) is 1. The van der Waals surface area contributed by atoms with Crippen molar-refractivity contribution in [2.24, 2.45) is 0 Å². The summed E-state index contributed by atoms with van der Waals surface area (Å²) in [6.45, 7) is 0.425. The number of nitrogens with zero attached hydrogens (tertiary/aromatic N) is 5. The highest BCUT2D eigenvalue weighted by Crippen LogP contribution is 2.18. The monoisotopic (exact) mass is 356 g/mol. The molecule has 4 rings (SSSR count). The van der Waals surface area contributed by atoms with Crippen molar-refractivity contribution in [3.63, 3.8) is 0 Å². The van der Waals surface area contributed by atoms with Crippen molar-refractivity contribution in [1.29, 1.82) is 0 Å². The van der Waals surface area contributed by atoms with Gasteiger partial charge >= 0.3 is 0 Å². The number of benzene rings is 1. The molecule has 0 radical (unpaired) electrons. The molecule has 0 unspecified atom stereocenters. The predicted octanol–water partition coefficient (Wildman–Crippen LogP) is 3.04. The molecular formula is C20H16N6O. The second kappa shape index (κ2) is 7.57. The van der Waals surface area contributed by atoms with E-state index in [4.69, 9.17) is 0 Å². The van der Waals surface area contributed by atoms with Crippen LogP contribution >= 0.6 is 0 Å². The lowest BCUT2D eigenvalue weighted by molar-refractivity contribution is 0.0947. The summed E-state index contributed by atoms with van der Waals surface area (Å²) in [5.41, 5.74) is 2.10. The zero-order valence-electron chi connectivity index (χ0n) is 14.4. The zero-order valence-corrected chi connectivity index (χ0v) is 14.4. The van der Waals surface area contributed by atoms with Gasteiger partial charge in [-0.1, -0.05) is 24.3 Å². The Balaban J connectivity index is 1.69. The third-order valence-corrected chi connectivity index (χ3v) is 3.89. The zero-order chi connectivity index (χ0) is 18.5. The van der Waals surface area contributed by atoms with Crippen LogP contribution in [-0.2, 0) is 6.54 Å². The minimum Gasteiger partial charge on any atom is -0.348 e. The molecule has 0 amide bonds. The number of rotatable bonds is 5. The quantitative estimate of drug-likeness (QED) is 0.591. The fourth-order valence-corrected chi connectivity index (χ4v) is 2.56. The van der Waals surface area contributed by atoms with Gasteiger partial charge in [-0.25, -0.2) is 0 Å². The first kappa shape index (κ1) is 16.6. The number of hydrogen-bond acceptors (Lipinski definition) is 6. The highest BCUT2D eigenvalue weighted by atomic mass is 16.2. The van der Waals surface area contributed by atoms with Crippen molar-refractivity contribution in [3.05, 3.63) is 90.5 Å². The normalized spacial score (nSPS) is 10.5. The van der Waals surface area contributed by atoms with Crippen LogP contribution in [0.3, 0.4) is 0 Å². The van der Waals surface area contributed by atoms with Gasteiger partial charge in [0, 0.05) is 29.7 Å². The average Bonchev–Trinajstić information content (AvgIpc) is 3.18. The summed E-state index contributed by atoms with van der Waals surface area (Å²) in [6, 6.07) is 18.3. The van der Waals surface area contributed by atoms with Crippen molar-refractivity contribution < 1.29 is 4.79 Å². The van der Waals surface area contributed by atoms with E-state index in [0.717, 1.165) is 11.3 Å². The van der Waals surface area contributed by atoms with Gasteiger partial charge in [0.05, 0.1) is 12.2 Å². The van der Waals surface area contributed by atoms with Crippen molar-refractivity contribution in [3.8, 4) is 11.4 Å². The lowest BCUT2D eigenvalue weighted by atomic mass is 10.2. The molecule has 0 aliphatic rings. The SMILES string of the molecule is O=C(c1ccccc1)n1nc(-c2cccnc2)nc1NCc1ccccn1. The summed E-state index contributed by atoms with van der Waals surface area (Å²) in [4.78, 5) is 25.8. The van der Waals surface area contributed by atoms with Gasteiger partial charge in [-0.05, 0) is 36.4 Å². The van der Waals surface area contributed by atoms with Crippen molar-refractivity contribution in [2.75, 3.05) is 5.32 Å². The summed E-state index contributed by atoms with van der Waals surface area (Å²) in [7, 11) is 0. The van der Waals surface area contributed by atoms with Crippen LogP contribution in [0.25, 0.3) is 11.4 Å². The molecule has 0 fully saturated rings. The Bertz CT molecular complexity index is 1030. The van der Waals surface area contributed by atoms with Crippen molar-refractivity contribution >= 4 is 11.9 Å². The van der Waals surface area contributed by atoms with Gasteiger partial charge < -0.3 is 5.32 Å². The molecule has 1 aromatic carbocycles. The van der Waals surface area contributed by atoms with Gasteiger partial charge in [0.25, 0.3) is 5.91 Å². The van der Waals surface area contributed by atoms with Crippen molar-refractivity contribution in [1.82, 2.24) is 24.7 Å². The van der Waals surface area contributed by atoms with Gasteiger partial charge in [0.15, 0.2) is 5.82 Å².